The number of carbonyl (C=O) groups excluding carboxylic acids is 1. The second kappa shape index (κ2) is 8.36. The van der Waals surface area contributed by atoms with E-state index in [-0.39, 0.29) is 12.5 Å². The minimum atomic E-state index is -1.07. The van der Waals surface area contributed by atoms with Crippen molar-refractivity contribution in [2.24, 2.45) is 0 Å². The number of aliphatic hydroxyl groups is 1. The fraction of sp³-hybridized carbons (Fsp3) is 0.350. The van der Waals surface area contributed by atoms with Gasteiger partial charge in [0.1, 0.15) is 5.60 Å². The van der Waals surface area contributed by atoms with Gasteiger partial charge in [0.05, 0.1) is 13.0 Å². The first-order chi connectivity index (χ1) is 11.4. The minimum Gasteiger partial charge on any atom is -0.384 e. The highest BCUT2D eigenvalue weighted by Gasteiger charge is 2.23. The molecule has 0 unspecified atom stereocenters. The SMILES string of the molecule is CC(C)Sc1ccc(CC(=O)NC[C@](C)(O)c2ccccc2)cc1. The predicted molar refractivity (Wildman–Crippen MR) is 100 cm³/mol. The van der Waals surface area contributed by atoms with E-state index < -0.39 is 5.60 Å². The van der Waals surface area contributed by atoms with Crippen LogP contribution in [0.1, 0.15) is 31.9 Å². The zero-order valence-corrected chi connectivity index (χ0v) is 15.3. The van der Waals surface area contributed by atoms with Gasteiger partial charge < -0.3 is 10.4 Å². The average Bonchev–Trinajstić information content (AvgIpc) is 2.55. The summed E-state index contributed by atoms with van der Waals surface area (Å²) in [6.07, 6.45) is 0.317. The summed E-state index contributed by atoms with van der Waals surface area (Å²) < 4.78 is 0. The second-order valence-electron chi connectivity index (χ2n) is 6.40. The minimum absolute atomic E-state index is 0.0875. The van der Waals surface area contributed by atoms with Crippen molar-refractivity contribution in [2.75, 3.05) is 6.54 Å². The van der Waals surface area contributed by atoms with E-state index in [4.69, 9.17) is 0 Å². The van der Waals surface area contributed by atoms with Crippen LogP contribution in [-0.2, 0) is 16.8 Å². The maximum atomic E-state index is 12.1. The molecule has 3 nitrogen and oxygen atoms in total. The Balaban J connectivity index is 1.87. The number of nitrogens with one attached hydrogen (secondary N) is 1. The van der Waals surface area contributed by atoms with E-state index in [9.17, 15) is 9.90 Å². The molecule has 1 amide bonds. The molecule has 24 heavy (non-hydrogen) atoms. The van der Waals surface area contributed by atoms with E-state index in [1.54, 1.807) is 18.7 Å². The molecule has 0 bridgehead atoms. The molecule has 0 aliphatic carbocycles. The van der Waals surface area contributed by atoms with Crippen molar-refractivity contribution in [2.45, 2.75) is 42.9 Å². The molecular formula is C20H25NO2S. The highest BCUT2D eigenvalue weighted by atomic mass is 32.2. The third kappa shape index (κ3) is 5.69. The van der Waals surface area contributed by atoms with Gasteiger partial charge in [-0.25, -0.2) is 0 Å². The largest absolute Gasteiger partial charge is 0.384 e. The van der Waals surface area contributed by atoms with Crippen molar-refractivity contribution in [1.82, 2.24) is 5.32 Å². The summed E-state index contributed by atoms with van der Waals surface area (Å²) >= 11 is 1.80. The summed E-state index contributed by atoms with van der Waals surface area (Å²) in [4.78, 5) is 13.3. The van der Waals surface area contributed by atoms with Crippen molar-refractivity contribution in [1.29, 1.82) is 0 Å². The molecule has 2 N–H and O–H groups in total. The molecule has 1 atom stereocenters. The predicted octanol–water partition coefficient (Wildman–Crippen LogP) is 3.75. The fourth-order valence-electron chi connectivity index (χ4n) is 2.38. The third-order valence-electron chi connectivity index (χ3n) is 3.69. The quantitative estimate of drug-likeness (QED) is 0.753. The van der Waals surface area contributed by atoms with Gasteiger partial charge in [0.15, 0.2) is 0 Å². The van der Waals surface area contributed by atoms with E-state index in [2.05, 4.69) is 19.2 Å². The van der Waals surface area contributed by atoms with Gasteiger partial charge in [-0.1, -0.05) is 56.3 Å². The number of carbonyl (C=O) groups is 1. The number of thioether (sulfide) groups is 1. The van der Waals surface area contributed by atoms with E-state index in [0.717, 1.165) is 11.1 Å². The molecule has 0 aliphatic heterocycles. The summed E-state index contributed by atoms with van der Waals surface area (Å²) in [6.45, 7) is 6.22. The molecular weight excluding hydrogens is 318 g/mol. The van der Waals surface area contributed by atoms with Crippen LogP contribution in [0, 0.1) is 0 Å². The molecule has 0 saturated carbocycles. The lowest BCUT2D eigenvalue weighted by atomic mass is 9.96. The number of benzene rings is 2. The standard InChI is InChI=1S/C20H25NO2S/c1-15(2)24-18-11-9-16(10-12-18)13-19(22)21-14-20(3,23)17-7-5-4-6-8-17/h4-12,15,23H,13-14H2,1-3H3,(H,21,22)/t20-/m0/s1. The van der Waals surface area contributed by atoms with Crippen LogP contribution in [0.2, 0.25) is 0 Å². The molecule has 0 fully saturated rings. The van der Waals surface area contributed by atoms with Crippen molar-refractivity contribution in [3.05, 3.63) is 65.7 Å². The molecule has 0 saturated heterocycles. The number of hydrogen-bond acceptors (Lipinski definition) is 3. The zero-order valence-electron chi connectivity index (χ0n) is 14.5. The van der Waals surface area contributed by atoms with Gasteiger partial charge in [0.2, 0.25) is 5.91 Å². The topological polar surface area (TPSA) is 49.3 Å². The van der Waals surface area contributed by atoms with Crippen LogP contribution < -0.4 is 5.32 Å². The molecule has 2 aromatic rings. The number of amides is 1. The first kappa shape index (κ1) is 18.6. The molecule has 4 heteroatoms. The van der Waals surface area contributed by atoms with Gasteiger partial charge >= 0.3 is 0 Å². The van der Waals surface area contributed by atoms with Crippen molar-refractivity contribution < 1.29 is 9.90 Å². The summed E-state index contributed by atoms with van der Waals surface area (Å²) in [5, 5.41) is 13.9. The Bertz CT molecular complexity index is 651. The Hall–Kier alpha value is -1.78. The first-order valence-electron chi connectivity index (χ1n) is 8.17. The second-order valence-corrected chi connectivity index (χ2v) is 8.05. The van der Waals surface area contributed by atoms with E-state index in [1.807, 2.05) is 54.6 Å². The molecule has 0 spiro atoms. The van der Waals surface area contributed by atoms with Gasteiger partial charge in [-0.15, -0.1) is 11.8 Å². The summed E-state index contributed by atoms with van der Waals surface area (Å²) in [5.74, 6) is -0.0875. The third-order valence-corrected chi connectivity index (χ3v) is 4.70. The first-order valence-corrected chi connectivity index (χ1v) is 9.05. The molecule has 2 aromatic carbocycles. The molecule has 128 valence electrons. The summed E-state index contributed by atoms with van der Waals surface area (Å²) in [7, 11) is 0. The zero-order chi connectivity index (χ0) is 17.6. The Morgan fingerprint density at radius 2 is 1.75 bits per heavy atom. The van der Waals surface area contributed by atoms with Crippen molar-refractivity contribution in [3.63, 3.8) is 0 Å². The highest BCUT2D eigenvalue weighted by molar-refractivity contribution is 7.99. The molecule has 0 heterocycles. The maximum Gasteiger partial charge on any atom is 0.224 e. The Kier molecular flexibility index (Phi) is 6.46. The molecule has 0 aromatic heterocycles. The molecule has 0 aliphatic rings. The van der Waals surface area contributed by atoms with Crippen LogP contribution in [0.4, 0.5) is 0 Å². The van der Waals surface area contributed by atoms with Gasteiger partial charge in [0, 0.05) is 10.1 Å². The van der Waals surface area contributed by atoms with E-state index in [0.29, 0.717) is 11.7 Å². The van der Waals surface area contributed by atoms with Gasteiger partial charge in [-0.3, -0.25) is 4.79 Å². The Morgan fingerprint density at radius 1 is 1.12 bits per heavy atom. The van der Waals surface area contributed by atoms with Crippen LogP contribution in [-0.4, -0.2) is 22.8 Å². The Morgan fingerprint density at radius 3 is 2.33 bits per heavy atom. The lowest BCUT2D eigenvalue weighted by Gasteiger charge is -2.24. The van der Waals surface area contributed by atoms with Crippen LogP contribution in [0.5, 0.6) is 0 Å². The van der Waals surface area contributed by atoms with Crippen LogP contribution in [0.25, 0.3) is 0 Å². The molecule has 0 radical (unpaired) electrons. The van der Waals surface area contributed by atoms with Crippen molar-refractivity contribution >= 4 is 17.7 Å². The average molecular weight is 343 g/mol. The monoisotopic (exact) mass is 343 g/mol. The molecule has 2 rings (SSSR count). The normalized spacial score (nSPS) is 13.5. The highest BCUT2D eigenvalue weighted by Crippen LogP contribution is 2.23. The Labute approximate surface area is 148 Å². The number of hydrogen-bond donors (Lipinski definition) is 2. The van der Waals surface area contributed by atoms with Gasteiger partial charge in [-0.2, -0.15) is 0 Å². The maximum absolute atomic E-state index is 12.1. The lowest BCUT2D eigenvalue weighted by Crippen LogP contribution is -2.39. The van der Waals surface area contributed by atoms with Gasteiger partial charge in [0.25, 0.3) is 0 Å². The van der Waals surface area contributed by atoms with Gasteiger partial charge in [-0.05, 0) is 30.2 Å². The van der Waals surface area contributed by atoms with E-state index >= 15 is 0 Å². The van der Waals surface area contributed by atoms with Crippen molar-refractivity contribution in [3.8, 4) is 0 Å². The van der Waals surface area contributed by atoms with Crippen LogP contribution >= 0.6 is 11.8 Å². The number of rotatable bonds is 7. The van der Waals surface area contributed by atoms with E-state index in [1.165, 1.54) is 4.90 Å². The van der Waals surface area contributed by atoms with Crippen LogP contribution in [0.3, 0.4) is 0 Å². The summed E-state index contributed by atoms with van der Waals surface area (Å²) in [6, 6.07) is 17.4. The van der Waals surface area contributed by atoms with Crippen LogP contribution in [0.15, 0.2) is 59.5 Å². The fourth-order valence-corrected chi connectivity index (χ4v) is 3.21. The smallest absolute Gasteiger partial charge is 0.224 e. The lowest BCUT2D eigenvalue weighted by molar-refractivity contribution is -0.121. The summed E-state index contributed by atoms with van der Waals surface area (Å²) in [5.41, 5.74) is 0.689.